The summed E-state index contributed by atoms with van der Waals surface area (Å²) in [5.74, 6) is 0.125. The molecule has 92 valence electrons. The molecule has 4 N–H and O–H groups in total. The van der Waals surface area contributed by atoms with Gasteiger partial charge in [0.15, 0.2) is 5.96 Å². The lowest BCUT2D eigenvalue weighted by atomic mass is 9.99. The van der Waals surface area contributed by atoms with Crippen LogP contribution in [0.4, 0.5) is 0 Å². The fourth-order valence-electron chi connectivity index (χ4n) is 1.93. The van der Waals surface area contributed by atoms with E-state index in [2.05, 4.69) is 17.1 Å². The van der Waals surface area contributed by atoms with E-state index in [1.165, 1.54) is 5.56 Å². The van der Waals surface area contributed by atoms with Crippen LogP contribution < -0.4 is 11.5 Å². The first kappa shape index (κ1) is 12.2. The first-order chi connectivity index (χ1) is 8.75. The van der Waals surface area contributed by atoms with Crippen molar-refractivity contribution in [2.24, 2.45) is 16.5 Å². The number of hydrogen-bond donors (Lipinski definition) is 2. The summed E-state index contributed by atoms with van der Waals surface area (Å²) in [6.07, 6.45) is 0.794. The average molecular weight is 239 g/mol. The minimum atomic E-state index is -0.0291. The fourth-order valence-corrected chi connectivity index (χ4v) is 1.93. The van der Waals surface area contributed by atoms with Crippen LogP contribution in [0.3, 0.4) is 0 Å². The van der Waals surface area contributed by atoms with E-state index in [1.54, 1.807) is 0 Å². The van der Waals surface area contributed by atoms with Crippen LogP contribution in [-0.2, 0) is 6.42 Å². The van der Waals surface area contributed by atoms with Crippen molar-refractivity contribution in [1.82, 2.24) is 0 Å². The molecule has 0 aliphatic heterocycles. The average Bonchev–Trinajstić information content (AvgIpc) is 2.40. The standard InChI is InChI=1S/C15H17N3/c16-15(17)18-14(13-9-5-2-6-10-13)11-12-7-3-1-4-8-12/h1-10,14H,11H2,(H4,16,17,18). The molecule has 2 aromatic rings. The molecule has 0 aromatic heterocycles. The predicted molar refractivity (Wildman–Crippen MR) is 75.1 cm³/mol. The maximum absolute atomic E-state index is 5.51. The minimum absolute atomic E-state index is 0.0291. The third kappa shape index (κ3) is 3.35. The summed E-state index contributed by atoms with van der Waals surface area (Å²) in [5, 5.41) is 0. The molecule has 2 rings (SSSR count). The van der Waals surface area contributed by atoms with Gasteiger partial charge in [0.25, 0.3) is 0 Å². The van der Waals surface area contributed by atoms with Crippen LogP contribution in [0.2, 0.25) is 0 Å². The Labute approximate surface area is 107 Å². The zero-order chi connectivity index (χ0) is 12.8. The Hall–Kier alpha value is -2.29. The smallest absolute Gasteiger partial charge is 0.186 e. The quantitative estimate of drug-likeness (QED) is 0.635. The van der Waals surface area contributed by atoms with E-state index in [0.29, 0.717) is 0 Å². The zero-order valence-electron chi connectivity index (χ0n) is 10.2. The van der Waals surface area contributed by atoms with Gasteiger partial charge in [0, 0.05) is 0 Å². The normalized spacial score (nSPS) is 11.8. The van der Waals surface area contributed by atoms with Gasteiger partial charge in [0.05, 0.1) is 6.04 Å². The topological polar surface area (TPSA) is 64.4 Å². The molecule has 0 saturated carbocycles. The lowest BCUT2D eigenvalue weighted by Crippen LogP contribution is -2.24. The molecule has 0 spiro atoms. The van der Waals surface area contributed by atoms with E-state index in [0.717, 1.165) is 12.0 Å². The van der Waals surface area contributed by atoms with E-state index in [1.807, 2.05) is 48.5 Å². The molecular weight excluding hydrogens is 222 g/mol. The second-order valence-corrected chi connectivity index (χ2v) is 4.17. The number of nitrogens with zero attached hydrogens (tertiary/aromatic N) is 1. The summed E-state index contributed by atoms with van der Waals surface area (Å²) in [5.41, 5.74) is 13.4. The summed E-state index contributed by atoms with van der Waals surface area (Å²) in [6, 6.07) is 20.2. The van der Waals surface area contributed by atoms with E-state index in [9.17, 15) is 0 Å². The van der Waals surface area contributed by atoms with Crippen molar-refractivity contribution < 1.29 is 0 Å². The number of benzene rings is 2. The maximum Gasteiger partial charge on any atom is 0.186 e. The number of aliphatic imine (C=N–C) groups is 1. The second kappa shape index (κ2) is 5.87. The molecule has 1 unspecified atom stereocenters. The fraction of sp³-hybridized carbons (Fsp3) is 0.133. The number of hydrogen-bond acceptors (Lipinski definition) is 1. The first-order valence-electron chi connectivity index (χ1n) is 5.93. The van der Waals surface area contributed by atoms with E-state index in [4.69, 9.17) is 11.5 Å². The summed E-state index contributed by atoms with van der Waals surface area (Å²) in [7, 11) is 0. The van der Waals surface area contributed by atoms with Crippen molar-refractivity contribution in [3.05, 3.63) is 71.8 Å². The maximum atomic E-state index is 5.51. The van der Waals surface area contributed by atoms with Gasteiger partial charge in [-0.25, -0.2) is 4.99 Å². The Kier molecular flexibility index (Phi) is 3.97. The molecule has 18 heavy (non-hydrogen) atoms. The highest BCUT2D eigenvalue weighted by molar-refractivity contribution is 5.76. The van der Waals surface area contributed by atoms with Crippen LogP contribution in [0.5, 0.6) is 0 Å². The van der Waals surface area contributed by atoms with Gasteiger partial charge < -0.3 is 11.5 Å². The highest BCUT2D eigenvalue weighted by Crippen LogP contribution is 2.21. The molecule has 0 radical (unpaired) electrons. The summed E-state index contributed by atoms with van der Waals surface area (Å²) in [4.78, 5) is 4.31. The third-order valence-electron chi connectivity index (χ3n) is 2.76. The predicted octanol–water partition coefficient (Wildman–Crippen LogP) is 2.24. The Bertz CT molecular complexity index is 502. The molecule has 1 atom stereocenters. The Morgan fingerprint density at radius 3 is 2.00 bits per heavy atom. The molecule has 0 aliphatic rings. The lowest BCUT2D eigenvalue weighted by Gasteiger charge is -2.13. The van der Waals surface area contributed by atoms with Crippen molar-refractivity contribution in [3.8, 4) is 0 Å². The van der Waals surface area contributed by atoms with Crippen molar-refractivity contribution in [2.75, 3.05) is 0 Å². The summed E-state index contributed by atoms with van der Waals surface area (Å²) >= 11 is 0. The van der Waals surface area contributed by atoms with Crippen molar-refractivity contribution >= 4 is 5.96 Å². The third-order valence-corrected chi connectivity index (χ3v) is 2.76. The van der Waals surface area contributed by atoms with E-state index < -0.39 is 0 Å². The molecular formula is C15H17N3. The van der Waals surface area contributed by atoms with Crippen molar-refractivity contribution in [2.45, 2.75) is 12.5 Å². The first-order valence-corrected chi connectivity index (χ1v) is 5.93. The Balaban J connectivity index is 2.24. The Morgan fingerprint density at radius 1 is 0.889 bits per heavy atom. The number of guanidine groups is 1. The molecule has 2 aromatic carbocycles. The molecule has 0 heterocycles. The summed E-state index contributed by atoms with van der Waals surface area (Å²) < 4.78 is 0. The molecule has 0 aliphatic carbocycles. The Morgan fingerprint density at radius 2 is 1.44 bits per heavy atom. The van der Waals surface area contributed by atoms with Gasteiger partial charge in [-0.15, -0.1) is 0 Å². The highest BCUT2D eigenvalue weighted by Gasteiger charge is 2.10. The molecule has 0 amide bonds. The highest BCUT2D eigenvalue weighted by atomic mass is 15.0. The lowest BCUT2D eigenvalue weighted by molar-refractivity contribution is 0.722. The second-order valence-electron chi connectivity index (χ2n) is 4.17. The van der Waals surface area contributed by atoms with Gasteiger partial charge in [-0.1, -0.05) is 60.7 Å². The molecule has 0 saturated heterocycles. The van der Waals surface area contributed by atoms with E-state index in [-0.39, 0.29) is 12.0 Å². The van der Waals surface area contributed by atoms with Gasteiger partial charge in [0.1, 0.15) is 0 Å². The van der Waals surface area contributed by atoms with Crippen LogP contribution in [0.25, 0.3) is 0 Å². The minimum Gasteiger partial charge on any atom is -0.370 e. The van der Waals surface area contributed by atoms with Gasteiger partial charge in [-0.05, 0) is 17.5 Å². The number of rotatable bonds is 4. The zero-order valence-corrected chi connectivity index (χ0v) is 10.2. The van der Waals surface area contributed by atoms with Crippen molar-refractivity contribution in [3.63, 3.8) is 0 Å². The number of nitrogens with two attached hydrogens (primary N) is 2. The monoisotopic (exact) mass is 239 g/mol. The molecule has 0 bridgehead atoms. The van der Waals surface area contributed by atoms with Gasteiger partial charge in [-0.2, -0.15) is 0 Å². The van der Waals surface area contributed by atoms with Crippen LogP contribution in [0.1, 0.15) is 17.2 Å². The van der Waals surface area contributed by atoms with Gasteiger partial charge in [-0.3, -0.25) is 0 Å². The van der Waals surface area contributed by atoms with Crippen LogP contribution in [0.15, 0.2) is 65.7 Å². The SMILES string of the molecule is NC(N)=NC(Cc1ccccc1)c1ccccc1. The van der Waals surface area contributed by atoms with Crippen LogP contribution >= 0.6 is 0 Å². The van der Waals surface area contributed by atoms with E-state index >= 15 is 0 Å². The molecule has 0 fully saturated rings. The van der Waals surface area contributed by atoms with Crippen LogP contribution in [0, 0.1) is 0 Å². The van der Waals surface area contributed by atoms with Crippen LogP contribution in [-0.4, -0.2) is 5.96 Å². The van der Waals surface area contributed by atoms with Gasteiger partial charge >= 0.3 is 0 Å². The van der Waals surface area contributed by atoms with Gasteiger partial charge in [0.2, 0.25) is 0 Å². The molecule has 3 heteroatoms. The largest absolute Gasteiger partial charge is 0.370 e. The summed E-state index contributed by atoms with van der Waals surface area (Å²) in [6.45, 7) is 0. The molecule has 3 nitrogen and oxygen atoms in total. The van der Waals surface area contributed by atoms with Crippen molar-refractivity contribution in [1.29, 1.82) is 0 Å².